The molecule has 0 aromatic heterocycles. The Morgan fingerprint density at radius 3 is 2.55 bits per heavy atom. The van der Waals surface area contributed by atoms with Gasteiger partial charge in [0.2, 0.25) is 6.61 Å². The van der Waals surface area contributed by atoms with Crippen molar-refractivity contribution in [3.05, 3.63) is 60.2 Å². The molecular formula is C15H13NO4. The molecular weight excluding hydrogens is 258 g/mol. The molecule has 2 aromatic rings. The minimum atomic E-state index is -1.07. The summed E-state index contributed by atoms with van der Waals surface area (Å²) in [4.78, 5) is 14.9. The van der Waals surface area contributed by atoms with E-state index in [2.05, 4.69) is 9.99 Å². The summed E-state index contributed by atoms with van der Waals surface area (Å²) in [6.07, 6.45) is 1.42. The van der Waals surface area contributed by atoms with Gasteiger partial charge in [0.05, 0.1) is 6.21 Å². The summed E-state index contributed by atoms with van der Waals surface area (Å²) in [5, 5.41) is 12.0. The van der Waals surface area contributed by atoms with Gasteiger partial charge in [0.1, 0.15) is 11.5 Å². The van der Waals surface area contributed by atoms with Crippen molar-refractivity contribution in [3.63, 3.8) is 0 Å². The predicted molar refractivity (Wildman–Crippen MR) is 74.1 cm³/mol. The molecule has 0 aliphatic carbocycles. The van der Waals surface area contributed by atoms with Crippen LogP contribution in [0.15, 0.2) is 59.8 Å². The molecule has 1 N–H and O–H groups in total. The first kappa shape index (κ1) is 13.6. The Morgan fingerprint density at radius 2 is 1.80 bits per heavy atom. The normalized spacial score (nSPS) is 10.4. The second-order valence-electron chi connectivity index (χ2n) is 3.85. The van der Waals surface area contributed by atoms with Crippen LogP contribution in [-0.4, -0.2) is 23.9 Å². The third kappa shape index (κ3) is 4.13. The van der Waals surface area contributed by atoms with Gasteiger partial charge in [0.15, 0.2) is 0 Å². The van der Waals surface area contributed by atoms with E-state index in [1.807, 2.05) is 42.5 Å². The molecule has 0 radical (unpaired) electrons. The molecule has 0 fully saturated rings. The molecule has 0 bridgehead atoms. The maximum Gasteiger partial charge on any atom is 0.344 e. The Morgan fingerprint density at radius 1 is 1.10 bits per heavy atom. The molecule has 2 aromatic carbocycles. The second-order valence-corrected chi connectivity index (χ2v) is 3.85. The van der Waals surface area contributed by atoms with E-state index < -0.39 is 12.6 Å². The number of benzene rings is 2. The molecule has 0 aliphatic rings. The van der Waals surface area contributed by atoms with E-state index in [0.717, 1.165) is 0 Å². The number of aliphatic carboxylic acids is 1. The molecule has 20 heavy (non-hydrogen) atoms. The molecule has 2 rings (SSSR count). The fraction of sp³-hybridized carbons (Fsp3) is 0.0667. The Kier molecular flexibility index (Phi) is 4.72. The van der Waals surface area contributed by atoms with E-state index in [-0.39, 0.29) is 0 Å². The summed E-state index contributed by atoms with van der Waals surface area (Å²) < 4.78 is 5.72. The maximum absolute atomic E-state index is 10.3. The minimum absolute atomic E-state index is 0.474. The van der Waals surface area contributed by atoms with Crippen molar-refractivity contribution in [2.24, 2.45) is 5.16 Å². The standard InChI is InChI=1S/C15H13NO4/c17-15(18)11-19-16-10-12-6-4-5-9-14(12)20-13-7-2-1-3-8-13/h1-10H,11H2,(H,17,18)/b16-10+. The number of carbonyl (C=O) groups is 1. The number of ether oxygens (including phenoxy) is 1. The van der Waals surface area contributed by atoms with Gasteiger partial charge in [-0.2, -0.15) is 0 Å². The molecule has 0 heterocycles. The van der Waals surface area contributed by atoms with Crippen molar-refractivity contribution in [1.29, 1.82) is 0 Å². The highest BCUT2D eigenvalue weighted by Crippen LogP contribution is 2.23. The third-order valence-electron chi connectivity index (χ3n) is 2.34. The van der Waals surface area contributed by atoms with Crippen LogP contribution in [0.1, 0.15) is 5.56 Å². The lowest BCUT2D eigenvalue weighted by molar-refractivity contribution is -0.142. The van der Waals surface area contributed by atoms with Gasteiger partial charge in [-0.25, -0.2) is 4.79 Å². The fourth-order valence-electron chi connectivity index (χ4n) is 1.48. The molecule has 0 amide bonds. The molecule has 5 heteroatoms. The number of rotatable bonds is 6. The van der Waals surface area contributed by atoms with Gasteiger partial charge < -0.3 is 14.7 Å². The summed E-state index contributed by atoms with van der Waals surface area (Å²) in [6.45, 7) is -0.474. The second kappa shape index (κ2) is 6.94. The van der Waals surface area contributed by atoms with Gasteiger partial charge in [-0.1, -0.05) is 35.5 Å². The number of carboxylic acids is 1. The fourth-order valence-corrected chi connectivity index (χ4v) is 1.48. The highest BCUT2D eigenvalue weighted by atomic mass is 16.6. The third-order valence-corrected chi connectivity index (χ3v) is 2.34. The highest BCUT2D eigenvalue weighted by molar-refractivity contribution is 5.83. The average molecular weight is 271 g/mol. The maximum atomic E-state index is 10.3. The summed E-state index contributed by atoms with van der Waals surface area (Å²) in [6, 6.07) is 16.6. The molecule has 0 spiro atoms. The van der Waals surface area contributed by atoms with Crippen LogP contribution in [0.2, 0.25) is 0 Å². The van der Waals surface area contributed by atoms with Gasteiger partial charge in [-0.15, -0.1) is 0 Å². The van der Waals surface area contributed by atoms with Gasteiger partial charge in [-0.05, 0) is 24.3 Å². The van der Waals surface area contributed by atoms with Crippen molar-refractivity contribution in [2.75, 3.05) is 6.61 Å². The van der Waals surface area contributed by atoms with Crippen LogP contribution in [0.4, 0.5) is 0 Å². The first-order valence-corrected chi connectivity index (χ1v) is 5.95. The zero-order chi connectivity index (χ0) is 14.2. The van der Waals surface area contributed by atoms with Crippen LogP contribution in [0.3, 0.4) is 0 Å². The number of para-hydroxylation sites is 2. The Hall–Kier alpha value is -2.82. The molecule has 0 saturated heterocycles. The van der Waals surface area contributed by atoms with Crippen LogP contribution in [0.5, 0.6) is 11.5 Å². The molecule has 102 valence electrons. The SMILES string of the molecule is O=C(O)CO/N=C/c1ccccc1Oc1ccccc1. The van der Waals surface area contributed by atoms with E-state index in [1.54, 1.807) is 12.1 Å². The van der Waals surface area contributed by atoms with Gasteiger partial charge in [0.25, 0.3) is 0 Å². The first-order chi connectivity index (χ1) is 9.75. The van der Waals surface area contributed by atoms with Gasteiger partial charge in [-0.3, -0.25) is 0 Å². The number of nitrogens with zero attached hydrogens (tertiary/aromatic N) is 1. The van der Waals surface area contributed by atoms with Crippen LogP contribution in [-0.2, 0) is 9.63 Å². The molecule has 0 saturated carbocycles. The van der Waals surface area contributed by atoms with E-state index in [0.29, 0.717) is 17.1 Å². The van der Waals surface area contributed by atoms with Crippen molar-refractivity contribution >= 4 is 12.2 Å². The smallest absolute Gasteiger partial charge is 0.344 e. The highest BCUT2D eigenvalue weighted by Gasteiger charge is 2.02. The minimum Gasteiger partial charge on any atom is -0.479 e. The van der Waals surface area contributed by atoms with Gasteiger partial charge in [0, 0.05) is 5.56 Å². The van der Waals surface area contributed by atoms with Crippen LogP contribution >= 0.6 is 0 Å². The number of carboxylic acid groups (broad SMARTS) is 1. The molecule has 0 atom stereocenters. The predicted octanol–water partition coefficient (Wildman–Crippen LogP) is 2.91. The summed E-state index contributed by atoms with van der Waals surface area (Å²) in [5.74, 6) is 0.247. The monoisotopic (exact) mass is 271 g/mol. The van der Waals surface area contributed by atoms with Crippen LogP contribution in [0.25, 0.3) is 0 Å². The lowest BCUT2D eigenvalue weighted by Crippen LogP contribution is -2.03. The zero-order valence-corrected chi connectivity index (χ0v) is 10.6. The van der Waals surface area contributed by atoms with Crippen molar-refractivity contribution in [1.82, 2.24) is 0 Å². The topological polar surface area (TPSA) is 68.1 Å². The average Bonchev–Trinajstić information content (AvgIpc) is 2.46. The summed E-state index contributed by atoms with van der Waals surface area (Å²) in [7, 11) is 0. The molecule has 0 unspecified atom stereocenters. The van der Waals surface area contributed by atoms with Crippen molar-refractivity contribution in [2.45, 2.75) is 0 Å². The van der Waals surface area contributed by atoms with Gasteiger partial charge >= 0.3 is 5.97 Å². The van der Waals surface area contributed by atoms with Crippen molar-refractivity contribution in [3.8, 4) is 11.5 Å². The van der Waals surface area contributed by atoms with E-state index >= 15 is 0 Å². The lowest BCUT2D eigenvalue weighted by atomic mass is 10.2. The van der Waals surface area contributed by atoms with Crippen LogP contribution in [0, 0.1) is 0 Å². The number of hydrogen-bond donors (Lipinski definition) is 1. The summed E-state index contributed by atoms with van der Waals surface area (Å²) in [5.41, 5.74) is 0.696. The Labute approximate surface area is 116 Å². The zero-order valence-electron chi connectivity index (χ0n) is 10.6. The Bertz CT molecular complexity index is 596. The molecule has 5 nitrogen and oxygen atoms in total. The lowest BCUT2D eigenvalue weighted by Gasteiger charge is -2.07. The van der Waals surface area contributed by atoms with E-state index in [4.69, 9.17) is 9.84 Å². The largest absolute Gasteiger partial charge is 0.479 e. The summed E-state index contributed by atoms with van der Waals surface area (Å²) >= 11 is 0. The van der Waals surface area contributed by atoms with E-state index in [9.17, 15) is 4.79 Å². The van der Waals surface area contributed by atoms with E-state index in [1.165, 1.54) is 6.21 Å². The van der Waals surface area contributed by atoms with Crippen LogP contribution < -0.4 is 4.74 Å². The number of hydrogen-bond acceptors (Lipinski definition) is 4. The number of oxime groups is 1. The Balaban J connectivity index is 2.08. The first-order valence-electron chi connectivity index (χ1n) is 5.95. The molecule has 0 aliphatic heterocycles. The van der Waals surface area contributed by atoms with Crippen molar-refractivity contribution < 1.29 is 19.5 Å². The quantitative estimate of drug-likeness (QED) is 0.648.